The summed E-state index contributed by atoms with van der Waals surface area (Å²) in [4.78, 5) is 0. The number of benzene rings is 2. The molecular weight excluding hydrogens is 356 g/mol. The molecule has 142 valence electrons. The molecule has 2 aromatic carbocycles. The van der Waals surface area contributed by atoms with E-state index in [1.165, 1.54) is 5.70 Å². The summed E-state index contributed by atoms with van der Waals surface area (Å²) in [6, 6.07) is 14.4. The molecule has 27 heavy (non-hydrogen) atoms. The van der Waals surface area contributed by atoms with Crippen LogP contribution < -0.4 is 21.9 Å². The Morgan fingerprint density at radius 1 is 1.04 bits per heavy atom. The number of nitrogens with two attached hydrogens (primary N) is 1. The van der Waals surface area contributed by atoms with Crippen LogP contribution in [0.4, 0.5) is 11.4 Å². The van der Waals surface area contributed by atoms with E-state index in [2.05, 4.69) is 58.5 Å². The van der Waals surface area contributed by atoms with Crippen molar-refractivity contribution in [1.29, 1.82) is 0 Å². The topological polar surface area (TPSA) is 62.1 Å². The van der Waals surface area contributed by atoms with Crippen LogP contribution in [0, 0.1) is 6.92 Å². The molecule has 0 saturated carbocycles. The number of anilines is 2. The molecule has 4 nitrogen and oxygen atoms in total. The standard InChI is InChI=1S/C22H27ClN4/c1-16-6-4-7-17(22(16)23)15-25-20-10-5-11-21(14-20)26-18-8-2-3-9-19(27-24)13-12-18/h4-8,10-11,13-14,25-27H,2-3,9,12,15,24H2,1H3/b18-8+,19-13+. The van der Waals surface area contributed by atoms with Crippen molar-refractivity contribution in [2.45, 2.75) is 39.2 Å². The summed E-state index contributed by atoms with van der Waals surface area (Å²) in [6.07, 6.45) is 8.42. The third-order valence-electron chi connectivity index (χ3n) is 4.72. The third-order valence-corrected chi connectivity index (χ3v) is 5.26. The van der Waals surface area contributed by atoms with Gasteiger partial charge in [-0.3, -0.25) is 5.84 Å². The van der Waals surface area contributed by atoms with Gasteiger partial charge in [0, 0.05) is 40.8 Å². The van der Waals surface area contributed by atoms with Crippen LogP contribution in [-0.2, 0) is 6.54 Å². The summed E-state index contributed by atoms with van der Waals surface area (Å²) in [6.45, 7) is 2.72. The van der Waals surface area contributed by atoms with E-state index in [0.717, 1.165) is 58.9 Å². The van der Waals surface area contributed by atoms with Crippen LogP contribution in [0.2, 0.25) is 5.02 Å². The van der Waals surface area contributed by atoms with Gasteiger partial charge in [0.1, 0.15) is 0 Å². The summed E-state index contributed by atoms with van der Waals surface area (Å²) in [7, 11) is 0. The Hall–Kier alpha value is -2.43. The van der Waals surface area contributed by atoms with Crippen LogP contribution in [0.1, 0.15) is 36.8 Å². The van der Waals surface area contributed by atoms with Crippen molar-refractivity contribution in [3.05, 3.63) is 82.2 Å². The molecule has 5 N–H and O–H groups in total. The van der Waals surface area contributed by atoms with E-state index >= 15 is 0 Å². The maximum absolute atomic E-state index is 6.39. The van der Waals surface area contributed by atoms with Crippen molar-refractivity contribution in [2.24, 2.45) is 5.84 Å². The number of allylic oxidation sites excluding steroid dienone is 3. The Labute approximate surface area is 166 Å². The van der Waals surface area contributed by atoms with Gasteiger partial charge in [0.2, 0.25) is 0 Å². The van der Waals surface area contributed by atoms with Crippen molar-refractivity contribution < 1.29 is 0 Å². The van der Waals surface area contributed by atoms with E-state index in [9.17, 15) is 0 Å². The lowest BCUT2D eigenvalue weighted by Crippen LogP contribution is -2.21. The molecule has 0 amide bonds. The van der Waals surface area contributed by atoms with Gasteiger partial charge in [-0.25, -0.2) is 0 Å². The van der Waals surface area contributed by atoms with Gasteiger partial charge in [0.05, 0.1) is 0 Å². The molecule has 0 unspecified atom stereocenters. The molecule has 0 bridgehead atoms. The van der Waals surface area contributed by atoms with Crippen molar-refractivity contribution in [1.82, 2.24) is 5.43 Å². The molecule has 1 aliphatic carbocycles. The van der Waals surface area contributed by atoms with Gasteiger partial charge in [-0.15, -0.1) is 0 Å². The zero-order valence-electron chi connectivity index (χ0n) is 15.7. The van der Waals surface area contributed by atoms with Crippen molar-refractivity contribution in [2.75, 3.05) is 10.6 Å². The van der Waals surface area contributed by atoms with E-state index in [4.69, 9.17) is 17.4 Å². The quantitative estimate of drug-likeness (QED) is 0.394. The van der Waals surface area contributed by atoms with Gasteiger partial charge in [-0.1, -0.05) is 48.0 Å². The van der Waals surface area contributed by atoms with Crippen LogP contribution in [-0.4, -0.2) is 0 Å². The molecular formula is C22H27ClN4. The highest BCUT2D eigenvalue weighted by Gasteiger charge is 2.05. The number of aryl methyl sites for hydroxylation is 1. The molecule has 0 radical (unpaired) electrons. The Kier molecular flexibility index (Phi) is 6.80. The maximum Gasteiger partial charge on any atom is 0.0485 e. The summed E-state index contributed by atoms with van der Waals surface area (Å²) in [5, 5.41) is 7.83. The Balaban J connectivity index is 1.65. The van der Waals surface area contributed by atoms with Crippen LogP contribution in [0.3, 0.4) is 0 Å². The maximum atomic E-state index is 6.39. The van der Waals surface area contributed by atoms with Crippen molar-refractivity contribution >= 4 is 23.0 Å². The van der Waals surface area contributed by atoms with Crippen molar-refractivity contribution in [3.8, 4) is 0 Å². The lowest BCUT2D eigenvalue weighted by molar-refractivity contribution is 0.728. The zero-order valence-corrected chi connectivity index (χ0v) is 16.4. The first kappa shape index (κ1) is 19.3. The van der Waals surface area contributed by atoms with E-state index in [1.807, 2.05) is 19.1 Å². The number of hydrogen-bond donors (Lipinski definition) is 4. The molecule has 0 atom stereocenters. The van der Waals surface area contributed by atoms with Gasteiger partial charge < -0.3 is 16.1 Å². The second-order valence-corrected chi connectivity index (χ2v) is 7.18. The van der Waals surface area contributed by atoms with Gasteiger partial charge in [-0.2, -0.15) is 0 Å². The third kappa shape index (κ3) is 5.52. The second kappa shape index (κ2) is 9.49. The molecule has 1 aliphatic rings. The SMILES string of the molecule is Cc1cccc(CNc2cccc(N/C3=C/CCC/C(NN)=C\C3)c2)c1Cl. The average molecular weight is 383 g/mol. The van der Waals surface area contributed by atoms with Crippen LogP contribution in [0.5, 0.6) is 0 Å². The number of rotatable bonds is 6. The fourth-order valence-electron chi connectivity index (χ4n) is 3.15. The van der Waals surface area contributed by atoms with E-state index in [0.29, 0.717) is 6.54 Å². The smallest absolute Gasteiger partial charge is 0.0485 e. The highest BCUT2D eigenvalue weighted by Crippen LogP contribution is 2.24. The van der Waals surface area contributed by atoms with E-state index in [1.54, 1.807) is 0 Å². The second-order valence-electron chi connectivity index (χ2n) is 6.81. The molecule has 0 aliphatic heterocycles. The Bertz CT molecular complexity index is 842. The van der Waals surface area contributed by atoms with E-state index < -0.39 is 0 Å². The molecule has 2 aromatic rings. The Morgan fingerprint density at radius 3 is 2.70 bits per heavy atom. The lowest BCUT2D eigenvalue weighted by Gasteiger charge is -2.15. The molecule has 0 saturated heterocycles. The molecule has 5 heteroatoms. The molecule has 0 fully saturated rings. The first-order chi connectivity index (χ1) is 13.2. The van der Waals surface area contributed by atoms with Crippen LogP contribution >= 0.6 is 11.6 Å². The summed E-state index contributed by atoms with van der Waals surface area (Å²) >= 11 is 6.39. The monoisotopic (exact) mass is 382 g/mol. The molecule has 0 spiro atoms. The summed E-state index contributed by atoms with van der Waals surface area (Å²) in [5.74, 6) is 5.57. The van der Waals surface area contributed by atoms with Gasteiger partial charge >= 0.3 is 0 Å². The predicted molar refractivity (Wildman–Crippen MR) is 116 cm³/mol. The van der Waals surface area contributed by atoms with Crippen molar-refractivity contribution in [3.63, 3.8) is 0 Å². The highest BCUT2D eigenvalue weighted by molar-refractivity contribution is 6.32. The summed E-state index contributed by atoms with van der Waals surface area (Å²) < 4.78 is 0. The van der Waals surface area contributed by atoms with Crippen LogP contribution in [0.25, 0.3) is 0 Å². The minimum atomic E-state index is 0.695. The fraction of sp³-hybridized carbons (Fsp3) is 0.273. The average Bonchev–Trinajstić information content (AvgIpc) is 2.66. The number of hydrazine groups is 1. The molecule has 3 rings (SSSR count). The normalized spacial score (nSPS) is 18.3. The largest absolute Gasteiger partial charge is 0.381 e. The van der Waals surface area contributed by atoms with Crippen LogP contribution in [0.15, 0.2) is 66.0 Å². The summed E-state index contributed by atoms with van der Waals surface area (Å²) in [5.41, 5.74) is 9.42. The first-order valence-corrected chi connectivity index (χ1v) is 9.73. The lowest BCUT2D eigenvalue weighted by atomic mass is 10.1. The molecule has 0 aromatic heterocycles. The zero-order chi connectivity index (χ0) is 19.1. The minimum absolute atomic E-state index is 0.695. The van der Waals surface area contributed by atoms with Gasteiger partial charge in [0.25, 0.3) is 0 Å². The van der Waals surface area contributed by atoms with Gasteiger partial charge in [-0.05, 0) is 55.5 Å². The number of hydrogen-bond acceptors (Lipinski definition) is 4. The number of halogens is 1. The minimum Gasteiger partial charge on any atom is -0.381 e. The number of nitrogens with one attached hydrogen (secondary N) is 3. The highest BCUT2D eigenvalue weighted by atomic mass is 35.5. The Morgan fingerprint density at radius 2 is 1.85 bits per heavy atom. The predicted octanol–water partition coefficient (Wildman–Crippen LogP) is 5.48. The molecule has 0 heterocycles. The van der Waals surface area contributed by atoms with Gasteiger partial charge in [0.15, 0.2) is 0 Å². The fourth-order valence-corrected chi connectivity index (χ4v) is 3.35. The first-order valence-electron chi connectivity index (χ1n) is 9.35. The van der Waals surface area contributed by atoms with E-state index in [-0.39, 0.29) is 0 Å².